The second-order valence-corrected chi connectivity index (χ2v) is 5.30. The van der Waals surface area contributed by atoms with Crippen molar-refractivity contribution in [2.45, 2.75) is 5.38 Å². The number of thiophene rings is 1. The zero-order valence-corrected chi connectivity index (χ0v) is 10.7. The Bertz CT molecular complexity index is 451. The molecule has 0 amide bonds. The van der Waals surface area contributed by atoms with Gasteiger partial charge in [-0.05, 0) is 29.1 Å². The Morgan fingerprint density at radius 2 is 1.93 bits per heavy atom. The maximum Gasteiger partial charge on any atom is 0.0942 e. The summed E-state index contributed by atoms with van der Waals surface area (Å²) in [5.74, 6) is 0. The fraction of sp³-hybridized carbons (Fsp3) is 0.0909. The molecule has 1 heterocycles. The van der Waals surface area contributed by atoms with Gasteiger partial charge in [-0.15, -0.1) is 22.9 Å². The molecule has 2 rings (SSSR count). The first-order valence-electron chi connectivity index (χ1n) is 4.31. The minimum Gasteiger partial charge on any atom is -0.147 e. The van der Waals surface area contributed by atoms with Gasteiger partial charge in [0.25, 0.3) is 0 Å². The van der Waals surface area contributed by atoms with Crippen LogP contribution >= 0.6 is 46.1 Å². The molecular weight excluding hydrogens is 271 g/mol. The van der Waals surface area contributed by atoms with E-state index in [1.54, 1.807) is 23.5 Å². The van der Waals surface area contributed by atoms with E-state index < -0.39 is 0 Å². The van der Waals surface area contributed by atoms with Gasteiger partial charge in [0.2, 0.25) is 0 Å². The predicted octanol–water partition coefficient (Wildman–Crippen LogP) is 5.38. The van der Waals surface area contributed by atoms with Crippen molar-refractivity contribution in [1.29, 1.82) is 0 Å². The van der Waals surface area contributed by atoms with Gasteiger partial charge in [-0.3, -0.25) is 0 Å². The number of hydrogen-bond donors (Lipinski definition) is 0. The maximum absolute atomic E-state index is 6.31. The first kappa shape index (κ1) is 11.3. The van der Waals surface area contributed by atoms with E-state index in [1.165, 1.54) is 0 Å². The summed E-state index contributed by atoms with van der Waals surface area (Å²) in [5.41, 5.74) is 0.894. The first-order valence-corrected chi connectivity index (χ1v) is 6.38. The second kappa shape index (κ2) is 4.75. The summed E-state index contributed by atoms with van der Waals surface area (Å²) >= 11 is 19.8. The maximum atomic E-state index is 6.31. The fourth-order valence-corrected chi connectivity index (χ4v) is 3.00. The van der Waals surface area contributed by atoms with Crippen molar-refractivity contribution in [3.05, 3.63) is 56.2 Å². The summed E-state index contributed by atoms with van der Waals surface area (Å²) in [6.07, 6.45) is 0. The lowest BCUT2D eigenvalue weighted by molar-refractivity contribution is 1.18. The van der Waals surface area contributed by atoms with Crippen LogP contribution in [-0.4, -0.2) is 0 Å². The molecule has 1 atom stereocenters. The largest absolute Gasteiger partial charge is 0.147 e. The van der Waals surface area contributed by atoms with Crippen molar-refractivity contribution < 1.29 is 0 Å². The van der Waals surface area contributed by atoms with Crippen molar-refractivity contribution in [2.75, 3.05) is 0 Å². The molecule has 4 heteroatoms. The number of alkyl halides is 1. The van der Waals surface area contributed by atoms with E-state index in [2.05, 4.69) is 0 Å². The van der Waals surface area contributed by atoms with Gasteiger partial charge in [-0.25, -0.2) is 0 Å². The Morgan fingerprint density at radius 3 is 2.53 bits per heavy atom. The topological polar surface area (TPSA) is 0 Å². The quantitative estimate of drug-likeness (QED) is 0.646. The molecular formula is C11H7Cl3S. The molecule has 0 bridgehead atoms. The minimum atomic E-state index is -0.199. The molecule has 0 aliphatic rings. The van der Waals surface area contributed by atoms with Crippen molar-refractivity contribution in [1.82, 2.24) is 0 Å². The first-order chi connectivity index (χ1) is 7.18. The van der Waals surface area contributed by atoms with Crippen molar-refractivity contribution in [3.8, 4) is 0 Å². The zero-order chi connectivity index (χ0) is 10.8. The van der Waals surface area contributed by atoms with Gasteiger partial charge >= 0.3 is 0 Å². The summed E-state index contributed by atoms with van der Waals surface area (Å²) in [6.45, 7) is 0. The van der Waals surface area contributed by atoms with E-state index in [0.717, 1.165) is 10.4 Å². The Kier molecular flexibility index (Phi) is 3.57. The molecule has 1 aromatic carbocycles. The molecule has 1 unspecified atom stereocenters. The third kappa shape index (κ3) is 2.48. The smallest absolute Gasteiger partial charge is 0.0942 e. The molecule has 1 aromatic heterocycles. The zero-order valence-electron chi connectivity index (χ0n) is 7.58. The van der Waals surface area contributed by atoms with Crippen LogP contribution < -0.4 is 0 Å². The Morgan fingerprint density at radius 1 is 1.13 bits per heavy atom. The highest BCUT2D eigenvalue weighted by atomic mass is 35.5. The molecule has 0 aliphatic carbocycles. The van der Waals surface area contributed by atoms with E-state index >= 15 is 0 Å². The lowest BCUT2D eigenvalue weighted by Crippen LogP contribution is -1.91. The van der Waals surface area contributed by atoms with Gasteiger partial charge in [0.15, 0.2) is 0 Å². The highest BCUT2D eigenvalue weighted by Gasteiger charge is 2.14. The Hall–Kier alpha value is -0.210. The Balaban J connectivity index is 2.38. The van der Waals surface area contributed by atoms with E-state index in [4.69, 9.17) is 34.8 Å². The molecule has 15 heavy (non-hydrogen) atoms. The summed E-state index contributed by atoms with van der Waals surface area (Å²) in [4.78, 5) is 1.08. The highest BCUT2D eigenvalue weighted by Crippen LogP contribution is 2.36. The lowest BCUT2D eigenvalue weighted by atomic mass is 10.1. The predicted molar refractivity (Wildman–Crippen MR) is 68.5 cm³/mol. The summed E-state index contributed by atoms with van der Waals surface area (Å²) in [7, 11) is 0. The molecule has 2 aromatic rings. The van der Waals surface area contributed by atoms with Gasteiger partial charge < -0.3 is 0 Å². The van der Waals surface area contributed by atoms with E-state index in [0.29, 0.717) is 10.0 Å². The van der Waals surface area contributed by atoms with Crippen LogP contribution in [-0.2, 0) is 0 Å². The van der Waals surface area contributed by atoms with Crippen LogP contribution in [0.25, 0.3) is 0 Å². The van der Waals surface area contributed by atoms with Crippen molar-refractivity contribution in [2.24, 2.45) is 0 Å². The van der Waals surface area contributed by atoms with Crippen LogP contribution in [0.15, 0.2) is 35.7 Å². The minimum absolute atomic E-state index is 0.199. The summed E-state index contributed by atoms with van der Waals surface area (Å²) in [6, 6.07) is 9.34. The van der Waals surface area contributed by atoms with E-state index in [-0.39, 0.29) is 5.38 Å². The van der Waals surface area contributed by atoms with Crippen LogP contribution in [0.3, 0.4) is 0 Å². The van der Waals surface area contributed by atoms with Crippen LogP contribution in [0.1, 0.15) is 15.8 Å². The lowest BCUT2D eigenvalue weighted by Gasteiger charge is -2.09. The second-order valence-electron chi connectivity index (χ2n) is 3.04. The Labute approximate surface area is 107 Å². The molecule has 0 fully saturated rings. The summed E-state index contributed by atoms with van der Waals surface area (Å²) < 4.78 is 0. The van der Waals surface area contributed by atoms with E-state index in [1.807, 2.05) is 23.6 Å². The third-order valence-electron chi connectivity index (χ3n) is 2.03. The van der Waals surface area contributed by atoms with Gasteiger partial charge in [0.1, 0.15) is 0 Å². The van der Waals surface area contributed by atoms with Crippen molar-refractivity contribution in [3.63, 3.8) is 0 Å². The van der Waals surface area contributed by atoms with Crippen LogP contribution in [0.5, 0.6) is 0 Å². The number of halogens is 3. The van der Waals surface area contributed by atoms with Gasteiger partial charge in [-0.2, -0.15) is 0 Å². The standard InChI is InChI=1S/C11H7Cl3S/c12-7-3-4-8(9(13)6-7)11(14)10-2-1-5-15-10/h1-6,11H. The van der Waals surface area contributed by atoms with Crippen molar-refractivity contribution >= 4 is 46.1 Å². The SMILES string of the molecule is Clc1ccc(C(Cl)c2cccs2)c(Cl)c1. The molecule has 78 valence electrons. The van der Waals surface area contributed by atoms with Crippen LogP contribution in [0.4, 0.5) is 0 Å². The molecule has 0 radical (unpaired) electrons. The average molecular weight is 278 g/mol. The molecule has 0 spiro atoms. The van der Waals surface area contributed by atoms with Gasteiger partial charge in [0.05, 0.1) is 5.38 Å². The average Bonchev–Trinajstić information content (AvgIpc) is 2.69. The molecule has 0 saturated carbocycles. The molecule has 0 nitrogen and oxygen atoms in total. The van der Waals surface area contributed by atoms with Crippen LogP contribution in [0, 0.1) is 0 Å². The number of rotatable bonds is 2. The third-order valence-corrected chi connectivity index (χ3v) is 4.13. The number of benzene rings is 1. The number of hydrogen-bond acceptors (Lipinski definition) is 1. The van der Waals surface area contributed by atoms with Gasteiger partial charge in [-0.1, -0.05) is 35.3 Å². The molecule has 0 saturated heterocycles. The fourth-order valence-electron chi connectivity index (χ4n) is 1.30. The van der Waals surface area contributed by atoms with E-state index in [9.17, 15) is 0 Å². The highest BCUT2D eigenvalue weighted by molar-refractivity contribution is 7.10. The van der Waals surface area contributed by atoms with Crippen LogP contribution in [0.2, 0.25) is 10.0 Å². The molecule has 0 aliphatic heterocycles. The van der Waals surface area contributed by atoms with Gasteiger partial charge in [0, 0.05) is 14.9 Å². The monoisotopic (exact) mass is 276 g/mol. The normalized spacial score (nSPS) is 12.7. The molecule has 0 N–H and O–H groups in total. The summed E-state index contributed by atoms with van der Waals surface area (Å²) in [5, 5.41) is 3.03.